The normalized spacial score (nSPS) is 7.43. The third-order valence-electron chi connectivity index (χ3n) is 0.260. The SMILES string of the molecule is [CH-]=C[C-]=C[CH]=[W].[Y]. The fourth-order valence-electron chi connectivity index (χ4n) is 0.0948. The van der Waals surface area contributed by atoms with E-state index in [1.165, 1.54) is 25.4 Å². The van der Waals surface area contributed by atoms with E-state index >= 15 is 0 Å². The molecule has 0 aromatic carbocycles. The molecule has 0 fully saturated rings. The second-order valence-electron chi connectivity index (χ2n) is 0.636. The first-order valence-corrected chi connectivity index (χ1v) is 3.17. The molecule has 0 nitrogen and oxygen atoms in total. The van der Waals surface area contributed by atoms with Crippen LogP contribution in [0.1, 0.15) is 0 Å². The molecule has 0 rings (SSSR count). The van der Waals surface area contributed by atoms with Crippen LogP contribution in [0.5, 0.6) is 0 Å². The molecule has 0 N–H and O–H groups in total. The summed E-state index contributed by atoms with van der Waals surface area (Å²) in [6.45, 7) is 4.94. The minimum absolute atomic E-state index is 0. The van der Waals surface area contributed by atoms with Gasteiger partial charge in [-0.05, 0) is 0 Å². The van der Waals surface area contributed by atoms with Crippen LogP contribution in [0.25, 0.3) is 0 Å². The Labute approximate surface area is 80.4 Å². The van der Waals surface area contributed by atoms with Gasteiger partial charge in [-0.1, -0.05) is 0 Å². The van der Waals surface area contributed by atoms with Crippen molar-refractivity contribution in [2.45, 2.75) is 0 Å². The number of hydrogen-bond donors (Lipinski definition) is 0. The molecule has 0 aliphatic carbocycles. The third kappa shape index (κ3) is 11.0. The first-order chi connectivity index (χ1) is 2.91. The fourth-order valence-corrected chi connectivity index (χ4v) is 0.377. The van der Waals surface area contributed by atoms with Crippen LogP contribution >= 0.6 is 0 Å². The van der Waals surface area contributed by atoms with Gasteiger partial charge >= 0.3 is 48.6 Å². The molecule has 0 atom stereocenters. The number of allylic oxidation sites excluding steroid dienone is 3. The molecule has 1 radical (unpaired) electrons. The quantitative estimate of drug-likeness (QED) is 0.514. The largest absolute Gasteiger partial charge is 0 e. The van der Waals surface area contributed by atoms with Crippen molar-refractivity contribution in [3.8, 4) is 0 Å². The van der Waals surface area contributed by atoms with Crippen molar-refractivity contribution in [2.75, 3.05) is 0 Å². The fraction of sp³-hybridized carbons (Fsp3) is 0. The molecule has 0 saturated carbocycles. The zero-order valence-electron chi connectivity index (χ0n) is 3.79. The van der Waals surface area contributed by atoms with E-state index in [1.807, 2.05) is 4.40 Å². The van der Waals surface area contributed by atoms with Gasteiger partial charge in [0.25, 0.3) is 0 Å². The van der Waals surface area contributed by atoms with Crippen LogP contribution in [0.15, 0.2) is 12.2 Å². The Balaban J connectivity index is 0. The Morgan fingerprint density at radius 3 is 2.29 bits per heavy atom. The minimum Gasteiger partial charge on any atom is 0 e. The standard InChI is InChI=1S/C5H4.W.Y/c1-3-5-4-2;;/h1-4H;;/q-2;;. The summed E-state index contributed by atoms with van der Waals surface area (Å²) in [4.78, 5) is 0. The van der Waals surface area contributed by atoms with Gasteiger partial charge in [-0.2, -0.15) is 0 Å². The van der Waals surface area contributed by atoms with E-state index in [0.29, 0.717) is 0 Å². The molecule has 0 saturated heterocycles. The van der Waals surface area contributed by atoms with Crippen molar-refractivity contribution < 1.29 is 52.1 Å². The molecule has 0 aliphatic heterocycles. The predicted octanol–water partition coefficient (Wildman–Crippen LogP) is 0.681. The van der Waals surface area contributed by atoms with Gasteiger partial charge in [0, 0.05) is 32.7 Å². The monoisotopic (exact) mass is 337 g/mol. The summed E-state index contributed by atoms with van der Waals surface area (Å²) in [6, 6.07) is 0. The maximum Gasteiger partial charge on any atom is 0 e. The van der Waals surface area contributed by atoms with Crippen molar-refractivity contribution in [1.29, 1.82) is 0 Å². The maximum absolute atomic E-state index is 4.94. The van der Waals surface area contributed by atoms with E-state index in [-0.39, 0.29) is 32.7 Å². The van der Waals surface area contributed by atoms with Crippen molar-refractivity contribution in [2.24, 2.45) is 0 Å². The van der Waals surface area contributed by atoms with Gasteiger partial charge in [0.05, 0.1) is 0 Å². The number of rotatable bonds is 2. The maximum atomic E-state index is 4.94. The zero-order valence-corrected chi connectivity index (χ0v) is 9.57. The van der Waals surface area contributed by atoms with Gasteiger partial charge in [-0.15, -0.1) is 0 Å². The average Bonchev–Trinajstić information content (AvgIpc) is 1.61. The van der Waals surface area contributed by atoms with E-state index in [2.05, 4.69) is 6.08 Å². The van der Waals surface area contributed by atoms with Crippen LogP contribution in [0, 0.1) is 12.7 Å². The van der Waals surface area contributed by atoms with Crippen molar-refractivity contribution in [1.82, 2.24) is 0 Å². The summed E-state index contributed by atoms with van der Waals surface area (Å²) in [7, 11) is 0. The van der Waals surface area contributed by atoms with Crippen molar-refractivity contribution >= 4 is 4.40 Å². The summed E-state index contributed by atoms with van der Waals surface area (Å²) in [5.74, 6) is 0. The summed E-state index contributed by atoms with van der Waals surface area (Å²) < 4.78 is 1.95. The second kappa shape index (κ2) is 10.2. The van der Waals surface area contributed by atoms with E-state index in [0.717, 1.165) is 0 Å². The van der Waals surface area contributed by atoms with Crippen LogP contribution in [0.3, 0.4) is 0 Å². The van der Waals surface area contributed by atoms with Gasteiger partial charge in [0.2, 0.25) is 0 Å². The summed E-state index contributed by atoms with van der Waals surface area (Å²) >= 11 is 1.42. The molecule has 0 unspecified atom stereocenters. The molecule has 2 heteroatoms. The third-order valence-corrected chi connectivity index (χ3v) is 0.749. The molecule has 0 aromatic heterocycles. The van der Waals surface area contributed by atoms with Crippen LogP contribution in [-0.4, -0.2) is 4.40 Å². The molecule has 7 heavy (non-hydrogen) atoms. The molecule has 0 amide bonds. The van der Waals surface area contributed by atoms with Gasteiger partial charge in [0.15, 0.2) is 0 Å². The summed E-state index contributed by atoms with van der Waals surface area (Å²) in [5.41, 5.74) is 0. The molecule has 0 bridgehead atoms. The average molecular weight is 337 g/mol. The summed E-state index contributed by atoms with van der Waals surface area (Å²) in [5, 5.41) is 0. The molecular weight excluding hydrogens is 333 g/mol. The molecule has 35 valence electrons. The van der Waals surface area contributed by atoms with Gasteiger partial charge in [0.1, 0.15) is 0 Å². The van der Waals surface area contributed by atoms with E-state index in [9.17, 15) is 0 Å². The van der Waals surface area contributed by atoms with Gasteiger partial charge in [-0.25, -0.2) is 0 Å². The van der Waals surface area contributed by atoms with E-state index in [4.69, 9.17) is 6.58 Å². The Morgan fingerprint density at radius 1 is 1.57 bits per heavy atom. The Kier molecular flexibility index (Phi) is 16.0. The first kappa shape index (κ1) is 11.0. The summed E-state index contributed by atoms with van der Waals surface area (Å²) in [6.07, 6.45) is 5.87. The Morgan fingerprint density at radius 2 is 2.14 bits per heavy atom. The van der Waals surface area contributed by atoms with Crippen LogP contribution in [-0.2, 0) is 52.1 Å². The molecule has 0 spiro atoms. The Bertz CT molecular complexity index is 66.1. The number of hydrogen-bond acceptors (Lipinski definition) is 0. The molecule has 0 aliphatic rings. The van der Waals surface area contributed by atoms with Gasteiger partial charge in [-0.3, -0.25) is 0 Å². The van der Waals surface area contributed by atoms with Crippen LogP contribution < -0.4 is 0 Å². The Hall–Kier alpha value is 1.14. The molecule has 0 heterocycles. The zero-order chi connectivity index (χ0) is 4.83. The van der Waals surface area contributed by atoms with Crippen LogP contribution in [0.4, 0.5) is 0 Å². The van der Waals surface area contributed by atoms with Crippen molar-refractivity contribution in [3.63, 3.8) is 0 Å². The topological polar surface area (TPSA) is 0 Å². The smallest absolute Gasteiger partial charge is 0 e. The first-order valence-electron chi connectivity index (χ1n) is 1.48. The van der Waals surface area contributed by atoms with E-state index < -0.39 is 0 Å². The second-order valence-corrected chi connectivity index (χ2v) is 1.61. The van der Waals surface area contributed by atoms with Crippen molar-refractivity contribution in [3.05, 3.63) is 24.8 Å². The predicted molar refractivity (Wildman–Crippen MR) is 22.7 cm³/mol. The van der Waals surface area contributed by atoms with E-state index in [1.54, 1.807) is 6.08 Å². The molecular formula is C5H4WY-2. The van der Waals surface area contributed by atoms with Gasteiger partial charge < -0.3 is 0 Å². The minimum atomic E-state index is 0. The molecule has 0 aromatic rings. The van der Waals surface area contributed by atoms with Crippen LogP contribution in [0.2, 0.25) is 0 Å².